The number of carboxylic acids is 1. The number of thioether (sulfide) groups is 1. The van der Waals surface area contributed by atoms with Crippen molar-refractivity contribution < 1.29 is 9.90 Å². The zero-order chi connectivity index (χ0) is 19.3. The van der Waals surface area contributed by atoms with Crippen LogP contribution in [0.4, 0.5) is 0 Å². The number of carbonyl (C=O) groups is 1. The van der Waals surface area contributed by atoms with Crippen molar-refractivity contribution in [3.8, 4) is 0 Å². The molecule has 0 radical (unpaired) electrons. The van der Waals surface area contributed by atoms with Gasteiger partial charge in [0.15, 0.2) is 5.82 Å². The van der Waals surface area contributed by atoms with Crippen LogP contribution < -0.4 is 0 Å². The first-order chi connectivity index (χ1) is 13.7. The molecule has 1 N–H and O–H groups in total. The molecule has 28 heavy (non-hydrogen) atoms. The van der Waals surface area contributed by atoms with Gasteiger partial charge < -0.3 is 5.11 Å². The Morgan fingerprint density at radius 1 is 1.14 bits per heavy atom. The number of rotatable bonds is 6. The highest BCUT2D eigenvalue weighted by Crippen LogP contribution is 2.33. The van der Waals surface area contributed by atoms with E-state index < -0.39 is 5.97 Å². The molecule has 0 spiro atoms. The molecule has 1 heterocycles. The minimum absolute atomic E-state index is 0.0629. The van der Waals surface area contributed by atoms with Gasteiger partial charge in [0.25, 0.3) is 0 Å². The van der Waals surface area contributed by atoms with Gasteiger partial charge in [-0.3, -0.25) is 4.79 Å². The summed E-state index contributed by atoms with van der Waals surface area (Å²) in [7, 11) is 0. The summed E-state index contributed by atoms with van der Waals surface area (Å²) in [4.78, 5) is 11.0. The fourth-order valence-electron chi connectivity index (χ4n) is 3.70. The van der Waals surface area contributed by atoms with E-state index in [2.05, 4.69) is 28.4 Å². The van der Waals surface area contributed by atoms with Crippen LogP contribution in [0.5, 0.6) is 0 Å². The maximum atomic E-state index is 11.0. The second-order valence-electron chi connectivity index (χ2n) is 6.98. The van der Waals surface area contributed by atoms with Crippen molar-refractivity contribution in [3.63, 3.8) is 0 Å². The summed E-state index contributed by atoms with van der Waals surface area (Å²) >= 11 is 1.15. The fourth-order valence-corrected chi connectivity index (χ4v) is 4.31. The maximum Gasteiger partial charge on any atom is 0.313 e. The van der Waals surface area contributed by atoms with Crippen LogP contribution in [0.1, 0.15) is 49.4 Å². The number of hydrogen-bond acceptors (Lipinski definition) is 5. The number of aliphatic carboxylic acids is 1. The molecule has 0 bridgehead atoms. The summed E-state index contributed by atoms with van der Waals surface area (Å²) in [5.41, 5.74) is 1.01. The first kappa shape index (κ1) is 18.7. The van der Waals surface area contributed by atoms with Gasteiger partial charge in [-0.15, -0.1) is 10.2 Å². The van der Waals surface area contributed by atoms with Crippen molar-refractivity contribution in [2.45, 2.75) is 43.2 Å². The lowest BCUT2D eigenvalue weighted by Gasteiger charge is -2.20. The van der Waals surface area contributed by atoms with Crippen LogP contribution in [0, 0.1) is 0 Å². The number of nitrogens with zero attached hydrogens (tertiary/aromatic N) is 4. The zero-order valence-corrected chi connectivity index (χ0v) is 16.3. The SMILES string of the molecule is O=C(O)CSc1nnc(C2CCCCC2)n1/N=C\c1cccc2ccccc12. The van der Waals surface area contributed by atoms with E-state index >= 15 is 0 Å². The average Bonchev–Trinajstić information content (AvgIpc) is 3.14. The first-order valence-corrected chi connectivity index (χ1v) is 10.5. The van der Waals surface area contributed by atoms with Crippen LogP contribution >= 0.6 is 11.8 Å². The molecule has 7 heteroatoms. The molecular weight excluding hydrogens is 372 g/mol. The molecule has 1 saturated carbocycles. The molecular formula is C21H22N4O2S. The minimum Gasteiger partial charge on any atom is -0.481 e. The Labute approximate surface area is 167 Å². The quantitative estimate of drug-likeness (QED) is 0.490. The second-order valence-corrected chi connectivity index (χ2v) is 7.93. The van der Waals surface area contributed by atoms with Crippen molar-refractivity contribution >= 4 is 34.7 Å². The molecule has 6 nitrogen and oxygen atoms in total. The normalized spacial score (nSPS) is 15.4. The highest BCUT2D eigenvalue weighted by Gasteiger charge is 2.23. The van der Waals surface area contributed by atoms with Crippen LogP contribution in [0.15, 0.2) is 52.7 Å². The predicted molar refractivity (Wildman–Crippen MR) is 111 cm³/mol. The predicted octanol–water partition coefficient (Wildman–Crippen LogP) is 4.54. The Morgan fingerprint density at radius 3 is 2.75 bits per heavy atom. The topological polar surface area (TPSA) is 80.4 Å². The van der Waals surface area contributed by atoms with E-state index in [1.807, 2.05) is 30.5 Å². The van der Waals surface area contributed by atoms with Gasteiger partial charge in [-0.05, 0) is 23.6 Å². The van der Waals surface area contributed by atoms with E-state index in [1.165, 1.54) is 19.3 Å². The Morgan fingerprint density at radius 2 is 1.93 bits per heavy atom. The van der Waals surface area contributed by atoms with E-state index in [1.54, 1.807) is 4.68 Å². The van der Waals surface area contributed by atoms with Crippen LogP contribution in [-0.4, -0.2) is 37.9 Å². The highest BCUT2D eigenvalue weighted by molar-refractivity contribution is 7.99. The molecule has 3 aromatic rings. The maximum absolute atomic E-state index is 11.0. The van der Waals surface area contributed by atoms with Gasteiger partial charge >= 0.3 is 5.97 Å². The highest BCUT2D eigenvalue weighted by atomic mass is 32.2. The van der Waals surface area contributed by atoms with Crippen molar-refractivity contribution in [2.75, 3.05) is 5.75 Å². The summed E-state index contributed by atoms with van der Waals surface area (Å²) in [6, 6.07) is 14.3. The van der Waals surface area contributed by atoms with Crippen LogP contribution in [0.2, 0.25) is 0 Å². The van der Waals surface area contributed by atoms with Crippen LogP contribution in [-0.2, 0) is 4.79 Å². The molecule has 0 atom stereocenters. The smallest absolute Gasteiger partial charge is 0.313 e. The first-order valence-electron chi connectivity index (χ1n) is 9.54. The van der Waals surface area contributed by atoms with E-state index in [4.69, 9.17) is 10.2 Å². The molecule has 4 rings (SSSR count). The van der Waals surface area contributed by atoms with Crippen molar-refractivity contribution in [2.24, 2.45) is 5.10 Å². The van der Waals surface area contributed by atoms with E-state index in [0.29, 0.717) is 11.1 Å². The third kappa shape index (κ3) is 4.09. The summed E-state index contributed by atoms with van der Waals surface area (Å²) in [6.45, 7) is 0. The monoisotopic (exact) mass is 394 g/mol. The molecule has 0 unspecified atom stereocenters. The fraction of sp³-hybridized carbons (Fsp3) is 0.333. The molecule has 2 aromatic carbocycles. The van der Waals surface area contributed by atoms with Crippen molar-refractivity contribution in [3.05, 3.63) is 53.9 Å². The standard InChI is InChI=1S/C21H22N4O2S/c26-19(27)14-28-21-24-23-20(16-8-2-1-3-9-16)25(21)22-13-17-11-6-10-15-7-4-5-12-18(15)17/h4-7,10-13,16H,1-3,8-9,14H2,(H,26,27)/b22-13-. The molecule has 0 amide bonds. The zero-order valence-electron chi connectivity index (χ0n) is 15.5. The third-order valence-electron chi connectivity index (χ3n) is 5.07. The molecule has 1 aliphatic rings. The Balaban J connectivity index is 1.70. The molecule has 1 aliphatic carbocycles. The Hall–Kier alpha value is -2.67. The summed E-state index contributed by atoms with van der Waals surface area (Å²) < 4.78 is 1.74. The lowest BCUT2D eigenvalue weighted by atomic mass is 9.89. The Kier molecular flexibility index (Phi) is 5.71. The third-order valence-corrected chi connectivity index (χ3v) is 5.97. The van der Waals surface area contributed by atoms with Crippen molar-refractivity contribution in [1.29, 1.82) is 0 Å². The molecule has 0 aliphatic heterocycles. The molecule has 1 aromatic heterocycles. The van der Waals surface area contributed by atoms with Gasteiger partial charge in [-0.2, -0.15) is 9.78 Å². The minimum atomic E-state index is -0.878. The van der Waals surface area contributed by atoms with Gasteiger partial charge in [0.2, 0.25) is 5.16 Å². The number of carboxylic acid groups (broad SMARTS) is 1. The molecule has 144 valence electrons. The average molecular weight is 395 g/mol. The van der Waals surface area contributed by atoms with Crippen molar-refractivity contribution in [1.82, 2.24) is 14.9 Å². The van der Waals surface area contributed by atoms with Gasteiger partial charge in [0.05, 0.1) is 12.0 Å². The van der Waals surface area contributed by atoms with Crippen LogP contribution in [0.3, 0.4) is 0 Å². The molecule has 0 saturated heterocycles. The molecule has 1 fully saturated rings. The van der Waals surface area contributed by atoms with E-state index in [-0.39, 0.29) is 5.75 Å². The van der Waals surface area contributed by atoms with Gasteiger partial charge in [0.1, 0.15) is 0 Å². The summed E-state index contributed by atoms with van der Waals surface area (Å²) in [5, 5.41) is 25.1. The number of benzene rings is 2. The lowest BCUT2D eigenvalue weighted by molar-refractivity contribution is -0.133. The lowest BCUT2D eigenvalue weighted by Crippen LogP contribution is -2.11. The summed E-state index contributed by atoms with van der Waals surface area (Å²) in [6.07, 6.45) is 7.59. The number of fused-ring (bicyclic) bond motifs is 1. The van der Waals surface area contributed by atoms with Gasteiger partial charge in [-0.1, -0.05) is 73.5 Å². The van der Waals surface area contributed by atoms with Crippen LogP contribution in [0.25, 0.3) is 10.8 Å². The second kappa shape index (κ2) is 8.56. The summed E-state index contributed by atoms with van der Waals surface area (Å²) in [5.74, 6) is 0.220. The van der Waals surface area contributed by atoms with E-state index in [9.17, 15) is 4.79 Å². The number of hydrogen-bond donors (Lipinski definition) is 1. The van der Waals surface area contributed by atoms with Gasteiger partial charge in [0, 0.05) is 11.5 Å². The Bertz CT molecular complexity index is 1000. The largest absolute Gasteiger partial charge is 0.481 e. The van der Waals surface area contributed by atoms with Gasteiger partial charge in [-0.25, -0.2) is 0 Å². The van der Waals surface area contributed by atoms with E-state index in [0.717, 1.165) is 46.8 Å². The number of aromatic nitrogens is 3.